The molecular formula is C15H22N2O. The van der Waals surface area contributed by atoms with E-state index in [1.807, 2.05) is 30.1 Å². The predicted molar refractivity (Wildman–Crippen MR) is 73.1 cm³/mol. The molecule has 3 heteroatoms. The van der Waals surface area contributed by atoms with Gasteiger partial charge >= 0.3 is 0 Å². The van der Waals surface area contributed by atoms with Crippen LogP contribution in [0.2, 0.25) is 0 Å². The topological polar surface area (TPSA) is 32.3 Å². The van der Waals surface area contributed by atoms with Crippen LogP contribution < -0.4 is 5.32 Å². The molecule has 18 heavy (non-hydrogen) atoms. The highest BCUT2D eigenvalue weighted by Crippen LogP contribution is 2.17. The van der Waals surface area contributed by atoms with Crippen molar-refractivity contribution in [3.63, 3.8) is 0 Å². The molecule has 3 nitrogen and oxygen atoms in total. The number of rotatable bonds is 3. The van der Waals surface area contributed by atoms with E-state index in [-0.39, 0.29) is 11.8 Å². The fraction of sp³-hybridized carbons (Fsp3) is 0.533. The lowest BCUT2D eigenvalue weighted by Gasteiger charge is -2.30. The van der Waals surface area contributed by atoms with Crippen LogP contribution in [0.1, 0.15) is 25.3 Å². The van der Waals surface area contributed by atoms with Crippen LogP contribution in [0.5, 0.6) is 0 Å². The molecule has 1 aliphatic heterocycles. The van der Waals surface area contributed by atoms with E-state index in [0.717, 1.165) is 19.4 Å². The van der Waals surface area contributed by atoms with Crippen molar-refractivity contribution >= 4 is 5.91 Å². The van der Waals surface area contributed by atoms with Crippen LogP contribution in [0.3, 0.4) is 0 Å². The van der Waals surface area contributed by atoms with Crippen molar-refractivity contribution in [3.05, 3.63) is 35.9 Å². The van der Waals surface area contributed by atoms with Gasteiger partial charge in [-0.05, 0) is 25.3 Å². The smallest absolute Gasteiger partial charge is 0.227 e. The Labute approximate surface area is 109 Å². The lowest BCUT2D eigenvalue weighted by molar-refractivity contribution is -0.135. The summed E-state index contributed by atoms with van der Waals surface area (Å²) in [6.07, 6.45) is 2.10. The quantitative estimate of drug-likeness (QED) is 0.885. The predicted octanol–water partition coefficient (Wildman–Crippen LogP) is 2.03. The summed E-state index contributed by atoms with van der Waals surface area (Å²) < 4.78 is 0. The van der Waals surface area contributed by atoms with Crippen LogP contribution in [-0.4, -0.2) is 30.4 Å². The summed E-state index contributed by atoms with van der Waals surface area (Å²) in [6.45, 7) is 3.69. The third kappa shape index (κ3) is 3.33. The third-order valence-corrected chi connectivity index (χ3v) is 3.65. The van der Waals surface area contributed by atoms with Gasteiger partial charge in [0.15, 0.2) is 0 Å². The summed E-state index contributed by atoms with van der Waals surface area (Å²) in [5, 5.41) is 3.38. The van der Waals surface area contributed by atoms with Crippen LogP contribution in [0, 0.1) is 5.92 Å². The van der Waals surface area contributed by atoms with Crippen LogP contribution in [0.4, 0.5) is 0 Å². The largest absolute Gasteiger partial charge is 0.341 e. The zero-order chi connectivity index (χ0) is 13.0. The highest BCUT2D eigenvalue weighted by atomic mass is 16.2. The van der Waals surface area contributed by atoms with Crippen molar-refractivity contribution in [2.45, 2.75) is 32.4 Å². The molecule has 1 aromatic rings. The number of hydrogen-bond acceptors (Lipinski definition) is 2. The minimum absolute atomic E-state index is 0.148. The van der Waals surface area contributed by atoms with Crippen molar-refractivity contribution in [1.82, 2.24) is 10.2 Å². The molecule has 0 radical (unpaired) electrons. The maximum atomic E-state index is 12.3. The number of nitrogens with zero attached hydrogens (tertiary/aromatic N) is 1. The molecule has 1 N–H and O–H groups in total. The molecule has 98 valence electrons. The van der Waals surface area contributed by atoms with Crippen molar-refractivity contribution < 1.29 is 4.79 Å². The second-order valence-electron chi connectivity index (χ2n) is 5.26. The molecule has 1 aliphatic rings. The van der Waals surface area contributed by atoms with E-state index >= 15 is 0 Å². The fourth-order valence-corrected chi connectivity index (χ4v) is 2.46. The van der Waals surface area contributed by atoms with E-state index in [0.29, 0.717) is 12.6 Å². The van der Waals surface area contributed by atoms with Gasteiger partial charge in [0.2, 0.25) is 5.91 Å². The first-order chi connectivity index (χ1) is 8.66. The zero-order valence-corrected chi connectivity index (χ0v) is 11.2. The molecule has 0 bridgehead atoms. The highest BCUT2D eigenvalue weighted by molar-refractivity contribution is 5.78. The standard InChI is InChI=1S/C15H22N2O/c1-12-8-9-14(10-16-12)15(18)17(2)11-13-6-4-3-5-7-13/h3-7,12,14,16H,8-11H2,1-2H3. The Morgan fingerprint density at radius 1 is 1.33 bits per heavy atom. The summed E-state index contributed by atoms with van der Waals surface area (Å²) >= 11 is 0. The Morgan fingerprint density at radius 3 is 2.67 bits per heavy atom. The minimum atomic E-state index is 0.148. The van der Waals surface area contributed by atoms with Gasteiger partial charge in [-0.25, -0.2) is 0 Å². The number of amides is 1. The molecule has 1 aromatic carbocycles. The summed E-state index contributed by atoms with van der Waals surface area (Å²) in [5.74, 6) is 0.410. The Kier molecular flexibility index (Phi) is 4.37. The Hall–Kier alpha value is -1.35. The van der Waals surface area contributed by atoms with E-state index in [1.165, 1.54) is 5.56 Å². The maximum absolute atomic E-state index is 12.3. The van der Waals surface area contributed by atoms with Crippen molar-refractivity contribution in [3.8, 4) is 0 Å². The molecule has 0 aliphatic carbocycles. The number of benzene rings is 1. The van der Waals surface area contributed by atoms with Crippen LogP contribution in [-0.2, 0) is 11.3 Å². The number of hydrogen-bond donors (Lipinski definition) is 1. The van der Waals surface area contributed by atoms with Crippen molar-refractivity contribution in [2.24, 2.45) is 5.92 Å². The molecular weight excluding hydrogens is 224 g/mol. The van der Waals surface area contributed by atoms with E-state index in [9.17, 15) is 4.79 Å². The number of nitrogens with one attached hydrogen (secondary N) is 1. The Bertz CT molecular complexity index is 383. The number of piperidine rings is 1. The number of carbonyl (C=O) groups excluding carboxylic acids is 1. The van der Waals surface area contributed by atoms with Gasteiger partial charge in [0, 0.05) is 26.2 Å². The Morgan fingerprint density at radius 2 is 2.06 bits per heavy atom. The van der Waals surface area contributed by atoms with Gasteiger partial charge in [-0.15, -0.1) is 0 Å². The lowest BCUT2D eigenvalue weighted by Crippen LogP contribution is -2.44. The van der Waals surface area contributed by atoms with Crippen LogP contribution in [0.25, 0.3) is 0 Å². The monoisotopic (exact) mass is 246 g/mol. The molecule has 1 heterocycles. The van der Waals surface area contributed by atoms with E-state index in [2.05, 4.69) is 24.4 Å². The zero-order valence-electron chi connectivity index (χ0n) is 11.2. The average molecular weight is 246 g/mol. The fourth-order valence-electron chi connectivity index (χ4n) is 2.46. The lowest BCUT2D eigenvalue weighted by atomic mass is 9.94. The van der Waals surface area contributed by atoms with Gasteiger partial charge in [0.25, 0.3) is 0 Å². The first-order valence-electron chi connectivity index (χ1n) is 6.69. The molecule has 1 fully saturated rings. The first-order valence-corrected chi connectivity index (χ1v) is 6.69. The van der Waals surface area contributed by atoms with Gasteiger partial charge < -0.3 is 10.2 Å². The van der Waals surface area contributed by atoms with Gasteiger partial charge in [0.1, 0.15) is 0 Å². The normalized spacial score (nSPS) is 23.7. The average Bonchev–Trinajstić information content (AvgIpc) is 2.40. The minimum Gasteiger partial charge on any atom is -0.341 e. The summed E-state index contributed by atoms with van der Waals surface area (Å²) in [6, 6.07) is 10.7. The van der Waals surface area contributed by atoms with Crippen molar-refractivity contribution in [2.75, 3.05) is 13.6 Å². The van der Waals surface area contributed by atoms with Crippen LogP contribution >= 0.6 is 0 Å². The maximum Gasteiger partial charge on any atom is 0.227 e. The van der Waals surface area contributed by atoms with Gasteiger partial charge in [-0.3, -0.25) is 4.79 Å². The third-order valence-electron chi connectivity index (χ3n) is 3.65. The Balaban J connectivity index is 1.89. The molecule has 2 rings (SSSR count). The van der Waals surface area contributed by atoms with Gasteiger partial charge in [0.05, 0.1) is 5.92 Å². The molecule has 1 saturated heterocycles. The van der Waals surface area contributed by atoms with Crippen LogP contribution in [0.15, 0.2) is 30.3 Å². The highest BCUT2D eigenvalue weighted by Gasteiger charge is 2.26. The summed E-state index contributed by atoms with van der Waals surface area (Å²) in [4.78, 5) is 14.1. The summed E-state index contributed by atoms with van der Waals surface area (Å²) in [7, 11) is 1.90. The molecule has 2 atom stereocenters. The van der Waals surface area contributed by atoms with E-state index in [4.69, 9.17) is 0 Å². The van der Waals surface area contributed by atoms with E-state index in [1.54, 1.807) is 0 Å². The molecule has 0 spiro atoms. The molecule has 0 aromatic heterocycles. The molecule has 1 amide bonds. The molecule has 0 saturated carbocycles. The first kappa shape index (κ1) is 13.1. The second-order valence-corrected chi connectivity index (χ2v) is 5.26. The SMILES string of the molecule is CC1CCC(C(=O)N(C)Cc2ccccc2)CN1. The van der Waals surface area contributed by atoms with Crippen molar-refractivity contribution in [1.29, 1.82) is 0 Å². The molecule has 2 unspecified atom stereocenters. The van der Waals surface area contributed by atoms with Gasteiger partial charge in [-0.1, -0.05) is 30.3 Å². The summed E-state index contributed by atoms with van der Waals surface area (Å²) in [5.41, 5.74) is 1.19. The van der Waals surface area contributed by atoms with Gasteiger partial charge in [-0.2, -0.15) is 0 Å². The van der Waals surface area contributed by atoms with E-state index < -0.39 is 0 Å². The second kappa shape index (κ2) is 6.01. The number of carbonyl (C=O) groups is 1.